The molecule has 3 N–H and O–H groups in total. The fraction of sp³-hybridized carbons (Fsp3) is 0.217. The molecular weight excluding hydrogens is 370 g/mol. The molecule has 0 radical (unpaired) electrons. The van der Waals surface area contributed by atoms with Crippen molar-refractivity contribution >= 4 is 28.3 Å². The van der Waals surface area contributed by atoms with Crippen LogP contribution in [0.2, 0.25) is 0 Å². The van der Waals surface area contributed by atoms with E-state index in [0.29, 0.717) is 16.5 Å². The number of ether oxygens (including phenoxy) is 1. The van der Waals surface area contributed by atoms with Gasteiger partial charge in [0.25, 0.3) is 5.91 Å². The topological polar surface area (TPSA) is 95.9 Å². The molecule has 0 saturated carbocycles. The summed E-state index contributed by atoms with van der Waals surface area (Å²) in [5, 5.41) is 24.1. The van der Waals surface area contributed by atoms with Crippen molar-refractivity contribution in [1.29, 1.82) is 0 Å². The number of fused-ring (bicyclic) bond motifs is 2. The monoisotopic (exact) mass is 391 g/mol. The molecule has 29 heavy (non-hydrogen) atoms. The van der Waals surface area contributed by atoms with Crippen molar-refractivity contribution in [3.05, 3.63) is 65.2 Å². The molecule has 3 aromatic carbocycles. The molecule has 1 amide bonds. The number of esters is 1. The Bertz CT molecular complexity index is 1120. The van der Waals surface area contributed by atoms with Gasteiger partial charge in [-0.05, 0) is 55.5 Å². The SMILES string of the molecule is C[C@H](OC(=O)c1cc(O)c2ccccc2c1O)C(=O)Nc1ccc2c(c1)CCC2. The summed E-state index contributed by atoms with van der Waals surface area (Å²) < 4.78 is 5.23. The van der Waals surface area contributed by atoms with Crippen LogP contribution in [-0.4, -0.2) is 28.2 Å². The minimum Gasteiger partial charge on any atom is -0.507 e. The van der Waals surface area contributed by atoms with Crippen LogP contribution < -0.4 is 5.32 Å². The van der Waals surface area contributed by atoms with Gasteiger partial charge in [0.2, 0.25) is 0 Å². The molecule has 0 heterocycles. The molecule has 0 fully saturated rings. The van der Waals surface area contributed by atoms with E-state index < -0.39 is 18.0 Å². The van der Waals surface area contributed by atoms with Gasteiger partial charge in [0.1, 0.15) is 17.1 Å². The standard InChI is InChI=1S/C23H21NO5/c1-13(22(27)24-16-10-9-14-5-4-6-15(14)11-16)29-23(28)19-12-20(25)17-7-2-3-8-18(17)21(19)26/h2-3,7-13,25-26H,4-6H2,1H3,(H,24,27)/t13-/m0/s1. The van der Waals surface area contributed by atoms with E-state index in [2.05, 4.69) is 5.32 Å². The largest absolute Gasteiger partial charge is 0.507 e. The molecule has 0 bridgehead atoms. The number of amides is 1. The van der Waals surface area contributed by atoms with E-state index in [-0.39, 0.29) is 17.1 Å². The lowest BCUT2D eigenvalue weighted by molar-refractivity contribution is -0.123. The number of nitrogens with one attached hydrogen (secondary N) is 1. The number of phenols is 2. The Morgan fingerprint density at radius 2 is 1.72 bits per heavy atom. The number of hydrogen-bond acceptors (Lipinski definition) is 5. The van der Waals surface area contributed by atoms with E-state index in [1.807, 2.05) is 18.2 Å². The Balaban J connectivity index is 1.49. The molecule has 1 aliphatic rings. The molecule has 0 unspecified atom stereocenters. The Kier molecular flexibility index (Phi) is 4.84. The van der Waals surface area contributed by atoms with Gasteiger partial charge in [-0.2, -0.15) is 0 Å². The summed E-state index contributed by atoms with van der Waals surface area (Å²) in [7, 11) is 0. The third kappa shape index (κ3) is 3.61. The fourth-order valence-corrected chi connectivity index (χ4v) is 3.67. The van der Waals surface area contributed by atoms with E-state index in [4.69, 9.17) is 4.74 Å². The first kappa shape index (κ1) is 18.8. The Morgan fingerprint density at radius 1 is 1.00 bits per heavy atom. The summed E-state index contributed by atoms with van der Waals surface area (Å²) in [5.41, 5.74) is 2.99. The number of phenolic OH excluding ortho intramolecular Hbond substituents is 2. The van der Waals surface area contributed by atoms with Crippen LogP contribution in [0.3, 0.4) is 0 Å². The number of hydrogen-bond donors (Lipinski definition) is 3. The van der Waals surface area contributed by atoms with Gasteiger partial charge < -0.3 is 20.3 Å². The normalized spacial score (nSPS) is 13.7. The van der Waals surface area contributed by atoms with Crippen molar-refractivity contribution in [2.75, 3.05) is 5.32 Å². The van der Waals surface area contributed by atoms with E-state index >= 15 is 0 Å². The molecule has 3 aromatic rings. The predicted octanol–water partition coefficient (Wildman–Crippen LogP) is 3.92. The zero-order chi connectivity index (χ0) is 20.5. The maximum Gasteiger partial charge on any atom is 0.342 e. The van der Waals surface area contributed by atoms with Gasteiger partial charge in [-0.3, -0.25) is 4.79 Å². The molecule has 0 aliphatic heterocycles. The number of carbonyl (C=O) groups is 2. The second kappa shape index (κ2) is 7.47. The van der Waals surface area contributed by atoms with Gasteiger partial charge in [0.05, 0.1) is 0 Å². The first-order valence-corrected chi connectivity index (χ1v) is 9.51. The number of aryl methyl sites for hydroxylation is 2. The van der Waals surface area contributed by atoms with Crippen molar-refractivity contribution in [3.8, 4) is 11.5 Å². The highest BCUT2D eigenvalue weighted by molar-refractivity contribution is 6.04. The van der Waals surface area contributed by atoms with Gasteiger partial charge in [-0.1, -0.05) is 30.3 Å². The highest BCUT2D eigenvalue weighted by Crippen LogP contribution is 2.35. The number of aromatic hydroxyl groups is 2. The molecular formula is C23H21NO5. The van der Waals surface area contributed by atoms with Crippen LogP contribution in [-0.2, 0) is 22.4 Å². The summed E-state index contributed by atoms with van der Waals surface area (Å²) in [6, 6.07) is 13.5. The lowest BCUT2D eigenvalue weighted by Crippen LogP contribution is -2.30. The molecule has 0 spiro atoms. The van der Waals surface area contributed by atoms with Gasteiger partial charge in [0.15, 0.2) is 6.10 Å². The second-order valence-corrected chi connectivity index (χ2v) is 7.21. The second-order valence-electron chi connectivity index (χ2n) is 7.21. The van der Waals surface area contributed by atoms with Gasteiger partial charge in [-0.25, -0.2) is 4.79 Å². The van der Waals surface area contributed by atoms with Crippen molar-refractivity contribution in [3.63, 3.8) is 0 Å². The molecule has 148 valence electrons. The molecule has 1 aliphatic carbocycles. The zero-order valence-corrected chi connectivity index (χ0v) is 15.9. The number of carbonyl (C=O) groups excluding carboxylic acids is 2. The fourth-order valence-electron chi connectivity index (χ4n) is 3.67. The molecule has 6 nitrogen and oxygen atoms in total. The summed E-state index contributed by atoms with van der Waals surface area (Å²) in [6.07, 6.45) is 2.08. The molecule has 6 heteroatoms. The van der Waals surface area contributed by atoms with Crippen molar-refractivity contribution < 1.29 is 24.5 Å². The van der Waals surface area contributed by atoms with Crippen LogP contribution in [0.4, 0.5) is 5.69 Å². The highest BCUT2D eigenvalue weighted by Gasteiger charge is 2.23. The van der Waals surface area contributed by atoms with Crippen LogP contribution in [0.25, 0.3) is 10.8 Å². The smallest absolute Gasteiger partial charge is 0.342 e. The van der Waals surface area contributed by atoms with Crippen LogP contribution in [0.15, 0.2) is 48.5 Å². The maximum absolute atomic E-state index is 12.5. The zero-order valence-electron chi connectivity index (χ0n) is 15.9. The van der Waals surface area contributed by atoms with Gasteiger partial charge in [-0.15, -0.1) is 0 Å². The van der Waals surface area contributed by atoms with Crippen molar-refractivity contribution in [2.24, 2.45) is 0 Å². The van der Waals surface area contributed by atoms with Crippen LogP contribution in [0, 0.1) is 0 Å². The highest BCUT2D eigenvalue weighted by atomic mass is 16.5. The third-order valence-electron chi connectivity index (χ3n) is 5.23. The molecule has 0 saturated heterocycles. The predicted molar refractivity (Wildman–Crippen MR) is 109 cm³/mol. The summed E-state index contributed by atoms with van der Waals surface area (Å²) >= 11 is 0. The van der Waals surface area contributed by atoms with E-state index in [9.17, 15) is 19.8 Å². The van der Waals surface area contributed by atoms with Crippen LogP contribution in [0.1, 0.15) is 34.8 Å². The minimum absolute atomic E-state index is 0.152. The average molecular weight is 391 g/mol. The Hall–Kier alpha value is -3.54. The third-order valence-corrected chi connectivity index (χ3v) is 5.23. The minimum atomic E-state index is -1.08. The van der Waals surface area contributed by atoms with Gasteiger partial charge in [0, 0.05) is 16.5 Å². The average Bonchev–Trinajstić information content (AvgIpc) is 3.18. The first-order chi connectivity index (χ1) is 13.9. The number of anilines is 1. The van der Waals surface area contributed by atoms with Gasteiger partial charge >= 0.3 is 5.97 Å². The first-order valence-electron chi connectivity index (χ1n) is 9.51. The van der Waals surface area contributed by atoms with Crippen molar-refractivity contribution in [1.82, 2.24) is 0 Å². The van der Waals surface area contributed by atoms with E-state index in [0.717, 1.165) is 25.3 Å². The van der Waals surface area contributed by atoms with Crippen LogP contribution in [0.5, 0.6) is 11.5 Å². The van der Waals surface area contributed by atoms with E-state index in [1.165, 1.54) is 18.1 Å². The van der Waals surface area contributed by atoms with E-state index in [1.54, 1.807) is 24.3 Å². The molecule has 0 aromatic heterocycles. The summed E-state index contributed by atoms with van der Waals surface area (Å²) in [4.78, 5) is 25.0. The number of benzene rings is 3. The molecule has 4 rings (SSSR count). The Labute approximate surface area is 167 Å². The lowest BCUT2D eigenvalue weighted by Gasteiger charge is -2.15. The quantitative estimate of drug-likeness (QED) is 0.463. The summed E-state index contributed by atoms with van der Waals surface area (Å²) in [6.45, 7) is 1.46. The van der Waals surface area contributed by atoms with Crippen molar-refractivity contribution in [2.45, 2.75) is 32.3 Å². The summed E-state index contributed by atoms with van der Waals surface area (Å²) in [5.74, 6) is -1.81. The Morgan fingerprint density at radius 3 is 2.52 bits per heavy atom. The number of rotatable bonds is 4. The maximum atomic E-state index is 12.5. The van der Waals surface area contributed by atoms with Crippen LogP contribution >= 0.6 is 0 Å². The lowest BCUT2D eigenvalue weighted by atomic mass is 10.0. The molecule has 1 atom stereocenters.